The van der Waals surface area contributed by atoms with Crippen LogP contribution in [0.3, 0.4) is 0 Å². The fourth-order valence-electron chi connectivity index (χ4n) is 5.78. The molecule has 3 saturated heterocycles. The zero-order valence-electron chi connectivity index (χ0n) is 24.7. The second-order valence-corrected chi connectivity index (χ2v) is 13.6. The van der Waals surface area contributed by atoms with Crippen LogP contribution in [-0.2, 0) is 6.54 Å². The summed E-state index contributed by atoms with van der Waals surface area (Å²) in [6.45, 7) is 15.9. The summed E-state index contributed by atoms with van der Waals surface area (Å²) in [6.07, 6.45) is 3.22. The Balaban J connectivity index is 0.00000124. The van der Waals surface area contributed by atoms with E-state index in [1.165, 1.54) is 73.0 Å². The van der Waals surface area contributed by atoms with Crippen molar-refractivity contribution in [2.75, 3.05) is 43.5 Å². The summed E-state index contributed by atoms with van der Waals surface area (Å²) in [6, 6.07) is 14.6. The molecule has 5 nitrogen and oxygen atoms in total. The highest BCUT2D eigenvalue weighted by atomic mass is 31.1. The molecule has 3 aliphatic rings. The first-order valence-corrected chi connectivity index (χ1v) is 16.7. The molecular formula is C32H45F3N3O2P. The van der Waals surface area contributed by atoms with Gasteiger partial charge < -0.3 is 19.3 Å². The average Bonchev–Trinajstić information content (AvgIpc) is 3.38. The Morgan fingerprint density at radius 3 is 2.15 bits per heavy atom. The Kier molecular flexibility index (Phi) is 11.2. The highest BCUT2D eigenvalue weighted by molar-refractivity contribution is 7.58. The number of hydrogen-bond donors (Lipinski definition) is 0. The molecule has 0 aliphatic carbocycles. The Morgan fingerprint density at radius 1 is 0.902 bits per heavy atom. The molecule has 226 valence electrons. The minimum atomic E-state index is -4.69. The lowest BCUT2D eigenvalue weighted by Crippen LogP contribution is -2.38. The van der Waals surface area contributed by atoms with Crippen molar-refractivity contribution in [1.82, 2.24) is 9.80 Å². The predicted molar refractivity (Wildman–Crippen MR) is 163 cm³/mol. The van der Waals surface area contributed by atoms with Crippen LogP contribution in [0.1, 0.15) is 58.4 Å². The first kappa shape index (κ1) is 31.5. The molecular weight excluding hydrogens is 546 g/mol. The molecule has 2 aromatic rings. The van der Waals surface area contributed by atoms with Crippen LogP contribution in [0.25, 0.3) is 0 Å². The van der Waals surface area contributed by atoms with E-state index < -0.39 is 6.36 Å². The molecule has 0 saturated carbocycles. The number of alkyl halides is 3. The fourth-order valence-corrected chi connectivity index (χ4v) is 8.79. The third-order valence-electron chi connectivity index (χ3n) is 7.82. The lowest BCUT2D eigenvalue weighted by Gasteiger charge is -2.39. The van der Waals surface area contributed by atoms with Crippen molar-refractivity contribution in [3.63, 3.8) is 0 Å². The number of ether oxygens (including phenoxy) is 2. The van der Waals surface area contributed by atoms with Crippen LogP contribution in [0.4, 0.5) is 18.9 Å². The molecule has 3 aliphatic heterocycles. The second-order valence-electron chi connectivity index (χ2n) is 11.1. The van der Waals surface area contributed by atoms with Crippen LogP contribution in [0.15, 0.2) is 60.8 Å². The zero-order chi connectivity index (χ0) is 29.4. The van der Waals surface area contributed by atoms with Gasteiger partial charge in [-0.15, -0.1) is 13.2 Å². The van der Waals surface area contributed by atoms with Gasteiger partial charge in [0.2, 0.25) is 0 Å². The molecule has 3 heterocycles. The summed E-state index contributed by atoms with van der Waals surface area (Å²) in [5.41, 5.74) is 3.91. The Hall–Kier alpha value is -2.44. The van der Waals surface area contributed by atoms with Crippen molar-refractivity contribution in [1.29, 1.82) is 0 Å². The van der Waals surface area contributed by atoms with Gasteiger partial charge in [-0.2, -0.15) is 0 Å². The minimum Gasteiger partial charge on any atom is -0.490 e. The van der Waals surface area contributed by atoms with Crippen molar-refractivity contribution in [3.8, 4) is 11.5 Å². The maximum atomic E-state index is 12.3. The fraction of sp³-hybridized carbons (Fsp3) is 0.562. The van der Waals surface area contributed by atoms with Gasteiger partial charge in [-0.3, -0.25) is 4.90 Å². The molecule has 0 N–H and O–H groups in total. The van der Waals surface area contributed by atoms with Crippen LogP contribution in [0.5, 0.6) is 11.5 Å². The van der Waals surface area contributed by atoms with Crippen LogP contribution in [-0.4, -0.2) is 66.7 Å². The molecule has 2 aromatic carbocycles. The predicted octanol–water partition coefficient (Wildman–Crippen LogP) is 8.26. The monoisotopic (exact) mass is 591 g/mol. The molecule has 9 heteroatoms. The van der Waals surface area contributed by atoms with Gasteiger partial charge in [0.05, 0.1) is 5.78 Å². The Morgan fingerprint density at radius 2 is 1.54 bits per heavy atom. The maximum absolute atomic E-state index is 12.3. The second kappa shape index (κ2) is 14.6. The summed E-state index contributed by atoms with van der Waals surface area (Å²) in [4.78, 5) is 7.61. The van der Waals surface area contributed by atoms with E-state index in [9.17, 15) is 13.2 Å². The van der Waals surface area contributed by atoms with Gasteiger partial charge in [-0.1, -0.05) is 53.8 Å². The van der Waals surface area contributed by atoms with Gasteiger partial charge in [0.25, 0.3) is 0 Å². The molecule has 0 spiro atoms. The van der Waals surface area contributed by atoms with Crippen molar-refractivity contribution >= 4 is 13.6 Å². The third kappa shape index (κ3) is 9.02. The number of fused-ring (bicyclic) bond motifs is 1. The number of rotatable bonds is 8. The van der Waals surface area contributed by atoms with E-state index in [2.05, 4.69) is 71.1 Å². The molecule has 2 atom stereocenters. The number of piperidine rings is 1. The van der Waals surface area contributed by atoms with Gasteiger partial charge in [0.15, 0.2) is 0 Å². The van der Waals surface area contributed by atoms with Gasteiger partial charge in [0, 0.05) is 63.2 Å². The number of hydrogen-bond acceptors (Lipinski definition) is 5. The largest absolute Gasteiger partial charge is 0.573 e. The van der Waals surface area contributed by atoms with E-state index in [0.29, 0.717) is 5.75 Å². The van der Waals surface area contributed by atoms with Crippen LogP contribution in [0.2, 0.25) is 0 Å². The zero-order valence-corrected chi connectivity index (χ0v) is 25.6. The van der Waals surface area contributed by atoms with Gasteiger partial charge in [0.1, 0.15) is 17.6 Å². The van der Waals surface area contributed by atoms with Crippen molar-refractivity contribution in [3.05, 3.63) is 66.4 Å². The SMILES string of the molecule is C=C(CC)N1CCP2CN(Cc3ccc(N4CCC(Oc5ccc(OC(F)(F)F)cc5)CC4)cc3)CC[C@@H]12.CCC. The molecule has 0 radical (unpaired) electrons. The Labute approximate surface area is 245 Å². The number of benzene rings is 2. The third-order valence-corrected chi connectivity index (χ3v) is 10.7. The molecule has 5 rings (SSSR count). The Bertz CT molecular complexity index is 1090. The van der Waals surface area contributed by atoms with E-state index in [1.807, 2.05) is 0 Å². The highest BCUT2D eigenvalue weighted by Gasteiger charge is 2.38. The summed E-state index contributed by atoms with van der Waals surface area (Å²) >= 11 is 0. The van der Waals surface area contributed by atoms with Crippen LogP contribution in [0, 0.1) is 0 Å². The lowest BCUT2D eigenvalue weighted by atomic mass is 10.1. The molecule has 0 aromatic heterocycles. The quantitative estimate of drug-likeness (QED) is 0.288. The molecule has 41 heavy (non-hydrogen) atoms. The minimum absolute atomic E-state index is 0.0400. The molecule has 3 fully saturated rings. The topological polar surface area (TPSA) is 28.2 Å². The van der Waals surface area contributed by atoms with E-state index in [1.54, 1.807) is 0 Å². The van der Waals surface area contributed by atoms with E-state index >= 15 is 0 Å². The number of halogens is 3. The van der Waals surface area contributed by atoms with E-state index in [0.717, 1.165) is 51.2 Å². The lowest BCUT2D eigenvalue weighted by molar-refractivity contribution is -0.274. The standard InChI is InChI=1S/C29H37F3N3O2P.C3H8/c1-3-22(2)35-18-19-38-21-33(15-14-28(35)38)20-23-4-6-24(7-5-23)34-16-12-26(13-17-34)36-25-8-10-27(11-9-25)37-29(30,31)32;1-3-2/h4-11,26,28H,2-3,12-21H2,1H3;3H2,1-2H3/t28-,38?;/m0./s1. The summed E-state index contributed by atoms with van der Waals surface area (Å²) in [7, 11) is 0.0400. The van der Waals surface area contributed by atoms with Gasteiger partial charge in [-0.25, -0.2) is 0 Å². The normalized spacial score (nSPS) is 21.6. The first-order valence-electron chi connectivity index (χ1n) is 15.0. The first-order chi connectivity index (χ1) is 19.7. The molecule has 0 amide bonds. The number of nitrogens with zero attached hydrogens (tertiary/aromatic N) is 3. The number of anilines is 1. The van der Waals surface area contributed by atoms with E-state index in [-0.39, 0.29) is 19.8 Å². The van der Waals surface area contributed by atoms with E-state index in [4.69, 9.17) is 4.74 Å². The van der Waals surface area contributed by atoms with Gasteiger partial charge in [-0.05, 0) is 61.0 Å². The van der Waals surface area contributed by atoms with Crippen molar-refractivity contribution in [2.45, 2.75) is 77.7 Å². The summed E-state index contributed by atoms with van der Waals surface area (Å²) in [5, 5.41) is 0. The van der Waals surface area contributed by atoms with Crippen LogP contribution < -0.4 is 14.4 Å². The molecule has 1 unspecified atom stereocenters. The summed E-state index contributed by atoms with van der Waals surface area (Å²) in [5.74, 6) is 1.07. The van der Waals surface area contributed by atoms with Crippen molar-refractivity contribution < 1.29 is 22.6 Å². The van der Waals surface area contributed by atoms with Crippen LogP contribution >= 0.6 is 7.92 Å². The maximum Gasteiger partial charge on any atom is 0.573 e. The smallest absolute Gasteiger partial charge is 0.490 e. The highest BCUT2D eigenvalue weighted by Crippen LogP contribution is 2.53. The number of allylic oxidation sites excluding steroid dienone is 1. The average molecular weight is 592 g/mol. The van der Waals surface area contributed by atoms with Crippen molar-refractivity contribution in [2.24, 2.45) is 0 Å². The summed E-state index contributed by atoms with van der Waals surface area (Å²) < 4.78 is 47.0. The van der Waals surface area contributed by atoms with Gasteiger partial charge >= 0.3 is 6.36 Å². The molecule has 0 bridgehead atoms.